The molecule has 0 aromatic heterocycles. The number of piperazine rings is 1. The first-order chi connectivity index (χ1) is 15.6. The number of ether oxygens (including phenoxy) is 1. The molecular formula is C25H31ClFN3O3. The highest BCUT2D eigenvalue weighted by molar-refractivity contribution is 6.31. The van der Waals surface area contributed by atoms with E-state index >= 15 is 0 Å². The van der Waals surface area contributed by atoms with Gasteiger partial charge < -0.3 is 15.0 Å². The van der Waals surface area contributed by atoms with Crippen LogP contribution in [0.15, 0.2) is 42.5 Å². The zero-order valence-electron chi connectivity index (χ0n) is 19.5. The van der Waals surface area contributed by atoms with Crippen molar-refractivity contribution < 1.29 is 18.7 Å². The molecule has 0 unspecified atom stereocenters. The van der Waals surface area contributed by atoms with E-state index in [-0.39, 0.29) is 42.2 Å². The molecule has 2 amide bonds. The third-order valence-electron chi connectivity index (χ3n) is 5.81. The smallest absolute Gasteiger partial charge is 0.260 e. The Morgan fingerprint density at radius 2 is 1.82 bits per heavy atom. The van der Waals surface area contributed by atoms with Gasteiger partial charge in [0.1, 0.15) is 11.6 Å². The molecule has 1 heterocycles. The maximum atomic E-state index is 13.2. The van der Waals surface area contributed by atoms with Gasteiger partial charge in [-0.15, -0.1) is 0 Å². The number of halogens is 2. The van der Waals surface area contributed by atoms with Crippen molar-refractivity contribution in [1.82, 2.24) is 9.80 Å². The van der Waals surface area contributed by atoms with Crippen molar-refractivity contribution >= 4 is 29.1 Å². The normalized spacial score (nSPS) is 18.9. The molecule has 2 aromatic carbocycles. The second kappa shape index (κ2) is 11.0. The Labute approximate surface area is 199 Å². The van der Waals surface area contributed by atoms with E-state index in [1.165, 1.54) is 12.1 Å². The number of hydrogen-bond acceptors (Lipinski definition) is 4. The summed E-state index contributed by atoms with van der Waals surface area (Å²) in [6.07, 6.45) is 0. The summed E-state index contributed by atoms with van der Waals surface area (Å²) in [5.74, 6) is -0.326. The van der Waals surface area contributed by atoms with Crippen molar-refractivity contribution in [1.29, 1.82) is 0 Å². The molecule has 6 nitrogen and oxygen atoms in total. The molecule has 2 atom stereocenters. The molecule has 2 aromatic rings. The number of anilines is 1. The van der Waals surface area contributed by atoms with Crippen LogP contribution in [0.1, 0.15) is 33.3 Å². The molecule has 1 fully saturated rings. The number of rotatable bonds is 7. The lowest BCUT2D eigenvalue weighted by Gasteiger charge is -2.44. The first kappa shape index (κ1) is 25.0. The monoisotopic (exact) mass is 475 g/mol. The van der Waals surface area contributed by atoms with Gasteiger partial charge in [-0.3, -0.25) is 14.5 Å². The molecule has 0 aliphatic carbocycles. The Morgan fingerprint density at radius 1 is 1.12 bits per heavy atom. The average Bonchev–Trinajstić information content (AvgIpc) is 2.76. The summed E-state index contributed by atoms with van der Waals surface area (Å²) in [5.41, 5.74) is 1.48. The highest BCUT2D eigenvalue weighted by atomic mass is 35.5. The van der Waals surface area contributed by atoms with Crippen LogP contribution >= 0.6 is 11.6 Å². The molecule has 1 aliphatic heterocycles. The standard InChI is InChI=1S/C25H31ClFN3O3/c1-16(2)25(32)28-22-11-20(26)7-10-23(22)33-15-24(31)30-13-17(3)29(12-18(30)4)14-19-5-8-21(27)9-6-19/h5-11,16-18H,12-15H2,1-4H3,(H,28,32)/t17-,18+/m0/s1. The maximum Gasteiger partial charge on any atom is 0.260 e. The lowest BCUT2D eigenvalue weighted by Crippen LogP contribution is -2.58. The van der Waals surface area contributed by atoms with Crippen molar-refractivity contribution in [2.24, 2.45) is 5.92 Å². The third kappa shape index (κ3) is 6.68. The summed E-state index contributed by atoms with van der Waals surface area (Å²) in [7, 11) is 0. The van der Waals surface area contributed by atoms with Gasteiger partial charge in [0.05, 0.1) is 5.69 Å². The van der Waals surface area contributed by atoms with Gasteiger partial charge in [-0.2, -0.15) is 0 Å². The van der Waals surface area contributed by atoms with E-state index in [1.54, 1.807) is 44.2 Å². The van der Waals surface area contributed by atoms with Crippen LogP contribution in [0.5, 0.6) is 5.75 Å². The van der Waals surface area contributed by atoms with E-state index in [4.69, 9.17) is 16.3 Å². The van der Waals surface area contributed by atoms with Gasteiger partial charge in [0.15, 0.2) is 6.61 Å². The van der Waals surface area contributed by atoms with Crippen molar-refractivity contribution in [3.8, 4) is 5.75 Å². The van der Waals surface area contributed by atoms with E-state index in [2.05, 4.69) is 17.1 Å². The molecule has 0 bridgehead atoms. The van der Waals surface area contributed by atoms with E-state index in [1.807, 2.05) is 11.8 Å². The summed E-state index contributed by atoms with van der Waals surface area (Å²) in [4.78, 5) is 29.2. The Balaban J connectivity index is 1.60. The minimum absolute atomic E-state index is 0.00285. The van der Waals surface area contributed by atoms with Gasteiger partial charge in [-0.05, 0) is 49.7 Å². The first-order valence-corrected chi connectivity index (χ1v) is 11.5. The molecule has 0 spiro atoms. The lowest BCUT2D eigenvalue weighted by molar-refractivity contribution is -0.139. The van der Waals surface area contributed by atoms with Gasteiger partial charge >= 0.3 is 0 Å². The summed E-state index contributed by atoms with van der Waals surface area (Å²) >= 11 is 6.07. The summed E-state index contributed by atoms with van der Waals surface area (Å²) in [6, 6.07) is 11.6. The molecule has 1 saturated heterocycles. The second-order valence-electron chi connectivity index (χ2n) is 8.87. The van der Waals surface area contributed by atoms with Crippen LogP contribution in [0, 0.1) is 11.7 Å². The molecular weight excluding hydrogens is 445 g/mol. The topological polar surface area (TPSA) is 61.9 Å². The van der Waals surface area contributed by atoms with Gasteiger partial charge in [0.2, 0.25) is 5.91 Å². The number of benzene rings is 2. The molecule has 0 radical (unpaired) electrons. The van der Waals surface area contributed by atoms with Crippen molar-refractivity contribution in [3.05, 3.63) is 58.9 Å². The Kier molecular flexibility index (Phi) is 8.32. The molecule has 8 heteroatoms. The summed E-state index contributed by atoms with van der Waals surface area (Å²) < 4.78 is 19.0. The van der Waals surface area contributed by atoms with Crippen LogP contribution in [0.2, 0.25) is 5.02 Å². The SMILES string of the molecule is CC(C)C(=O)Nc1cc(Cl)ccc1OCC(=O)N1C[C@H](C)N(Cc2ccc(F)cc2)C[C@H]1C. The average molecular weight is 476 g/mol. The molecule has 1 N–H and O–H groups in total. The quantitative estimate of drug-likeness (QED) is 0.637. The number of nitrogens with zero attached hydrogens (tertiary/aromatic N) is 2. The minimum Gasteiger partial charge on any atom is -0.482 e. The van der Waals surface area contributed by atoms with E-state index in [9.17, 15) is 14.0 Å². The van der Waals surface area contributed by atoms with E-state index < -0.39 is 0 Å². The van der Waals surface area contributed by atoms with E-state index in [0.717, 1.165) is 5.56 Å². The molecule has 33 heavy (non-hydrogen) atoms. The fourth-order valence-electron chi connectivity index (χ4n) is 3.82. The van der Waals surface area contributed by atoms with Gasteiger partial charge in [-0.1, -0.05) is 37.6 Å². The fourth-order valence-corrected chi connectivity index (χ4v) is 3.99. The number of hydrogen-bond donors (Lipinski definition) is 1. The van der Waals surface area contributed by atoms with Crippen LogP contribution in [0.25, 0.3) is 0 Å². The largest absolute Gasteiger partial charge is 0.482 e. The molecule has 3 rings (SSSR count). The highest BCUT2D eigenvalue weighted by Gasteiger charge is 2.32. The first-order valence-electron chi connectivity index (χ1n) is 11.1. The van der Waals surface area contributed by atoms with Gasteiger partial charge in [0, 0.05) is 42.7 Å². The van der Waals surface area contributed by atoms with Crippen LogP contribution in [0.3, 0.4) is 0 Å². The van der Waals surface area contributed by atoms with Crippen molar-refractivity contribution in [3.63, 3.8) is 0 Å². The lowest BCUT2D eigenvalue weighted by atomic mass is 10.1. The van der Waals surface area contributed by atoms with Crippen LogP contribution in [-0.2, 0) is 16.1 Å². The maximum absolute atomic E-state index is 13.2. The van der Waals surface area contributed by atoms with Crippen molar-refractivity contribution in [2.45, 2.75) is 46.3 Å². The zero-order valence-corrected chi connectivity index (χ0v) is 20.2. The summed E-state index contributed by atoms with van der Waals surface area (Å²) in [6.45, 7) is 9.52. The second-order valence-corrected chi connectivity index (χ2v) is 9.31. The highest BCUT2D eigenvalue weighted by Crippen LogP contribution is 2.29. The fraction of sp³-hybridized carbons (Fsp3) is 0.440. The number of carbonyl (C=O) groups is 2. The van der Waals surface area contributed by atoms with Crippen LogP contribution < -0.4 is 10.1 Å². The van der Waals surface area contributed by atoms with Gasteiger partial charge in [-0.25, -0.2) is 4.39 Å². The zero-order chi connectivity index (χ0) is 24.1. The van der Waals surface area contributed by atoms with Gasteiger partial charge in [0.25, 0.3) is 5.91 Å². The van der Waals surface area contributed by atoms with Crippen LogP contribution in [0.4, 0.5) is 10.1 Å². The Bertz CT molecular complexity index is 983. The van der Waals surface area contributed by atoms with Crippen molar-refractivity contribution in [2.75, 3.05) is 25.0 Å². The van der Waals surface area contributed by atoms with Crippen LogP contribution in [-0.4, -0.2) is 53.4 Å². The third-order valence-corrected chi connectivity index (χ3v) is 6.04. The predicted molar refractivity (Wildman–Crippen MR) is 128 cm³/mol. The van der Waals surface area contributed by atoms with E-state index in [0.29, 0.717) is 36.1 Å². The molecule has 1 aliphatic rings. The predicted octanol–water partition coefficient (Wildman–Crippen LogP) is 4.57. The number of amides is 2. The molecule has 0 saturated carbocycles. The minimum atomic E-state index is -0.247. The summed E-state index contributed by atoms with van der Waals surface area (Å²) in [5, 5.41) is 3.26. The molecule has 178 valence electrons. The number of nitrogens with one attached hydrogen (secondary N) is 1. The number of carbonyl (C=O) groups excluding carboxylic acids is 2. The Hall–Kier alpha value is -2.64. The Morgan fingerprint density at radius 3 is 2.48 bits per heavy atom.